The first-order chi connectivity index (χ1) is 17.7. The van der Waals surface area contributed by atoms with E-state index in [1.54, 1.807) is 13.8 Å². The number of hydrogen-bond acceptors (Lipinski definition) is 8. The Balaban J connectivity index is 3.16. The zero-order valence-corrected chi connectivity index (χ0v) is 21.2. The number of nitrogens with two attached hydrogens (primary N) is 2. The Morgan fingerprint density at radius 3 is 1.87 bits per heavy atom. The van der Waals surface area contributed by atoms with Gasteiger partial charge < -0.3 is 42.7 Å². The Bertz CT molecular complexity index is 1010. The van der Waals surface area contributed by atoms with Crippen molar-refractivity contribution in [2.45, 2.75) is 70.1 Å². The number of carbonyl (C=O) groups is 6. The number of primary amides is 1. The minimum absolute atomic E-state index is 0.0317. The van der Waals surface area contributed by atoms with Crippen LogP contribution in [0.2, 0.25) is 0 Å². The molecule has 4 atom stereocenters. The summed E-state index contributed by atoms with van der Waals surface area (Å²) in [6.45, 7) is 3.15. The molecule has 14 heteroatoms. The smallest absolute Gasteiger partial charge is 0.326 e. The predicted octanol–water partition coefficient (Wildman–Crippen LogP) is -1.41. The summed E-state index contributed by atoms with van der Waals surface area (Å²) in [5.41, 5.74) is 11.5. The fourth-order valence-electron chi connectivity index (χ4n) is 3.36. The van der Waals surface area contributed by atoms with Gasteiger partial charge in [0.05, 0.1) is 6.04 Å². The van der Waals surface area contributed by atoms with Crippen LogP contribution in [-0.2, 0) is 35.2 Å². The van der Waals surface area contributed by atoms with E-state index in [1.165, 1.54) is 24.3 Å². The minimum Gasteiger partial charge on any atom is -0.508 e. The molecule has 0 saturated heterocycles. The maximum Gasteiger partial charge on any atom is 0.326 e. The lowest BCUT2D eigenvalue weighted by Crippen LogP contribution is -2.58. The molecule has 1 aromatic rings. The molecule has 4 amide bonds. The highest BCUT2D eigenvalue weighted by molar-refractivity contribution is 5.94. The zero-order valence-electron chi connectivity index (χ0n) is 21.2. The number of carboxylic acid groups (broad SMARTS) is 2. The summed E-state index contributed by atoms with van der Waals surface area (Å²) in [5, 5.41) is 34.9. The third-order valence-electron chi connectivity index (χ3n) is 5.56. The number of carbonyl (C=O) groups excluding carboxylic acids is 4. The molecule has 0 spiro atoms. The van der Waals surface area contributed by atoms with Crippen molar-refractivity contribution < 1.29 is 44.1 Å². The van der Waals surface area contributed by atoms with Crippen LogP contribution in [0.15, 0.2) is 24.3 Å². The summed E-state index contributed by atoms with van der Waals surface area (Å²) in [5.74, 6) is -6.25. The molecule has 4 unspecified atom stereocenters. The highest BCUT2D eigenvalue weighted by Crippen LogP contribution is 2.12. The maximum absolute atomic E-state index is 13.2. The summed E-state index contributed by atoms with van der Waals surface area (Å²) < 4.78 is 0. The number of benzene rings is 1. The summed E-state index contributed by atoms with van der Waals surface area (Å²) in [6.07, 6.45) is -1.21. The van der Waals surface area contributed by atoms with Crippen molar-refractivity contribution in [3.8, 4) is 5.75 Å². The topological polar surface area (TPSA) is 251 Å². The molecule has 1 rings (SSSR count). The van der Waals surface area contributed by atoms with E-state index in [0.29, 0.717) is 5.56 Å². The molecular formula is C24H35N5O9. The second kappa shape index (κ2) is 15.1. The molecule has 0 radical (unpaired) electrons. The monoisotopic (exact) mass is 537 g/mol. The van der Waals surface area contributed by atoms with Crippen LogP contribution in [0, 0.1) is 5.92 Å². The molecular weight excluding hydrogens is 502 g/mol. The third-order valence-corrected chi connectivity index (χ3v) is 5.56. The van der Waals surface area contributed by atoms with Crippen molar-refractivity contribution >= 4 is 35.6 Å². The molecule has 14 nitrogen and oxygen atoms in total. The highest BCUT2D eigenvalue weighted by atomic mass is 16.4. The quantitative estimate of drug-likeness (QED) is 0.122. The molecule has 1 aromatic carbocycles. The van der Waals surface area contributed by atoms with E-state index in [9.17, 15) is 39.0 Å². The highest BCUT2D eigenvalue weighted by Gasteiger charge is 2.31. The van der Waals surface area contributed by atoms with Gasteiger partial charge in [-0.2, -0.15) is 0 Å². The van der Waals surface area contributed by atoms with Crippen LogP contribution in [0.25, 0.3) is 0 Å². The van der Waals surface area contributed by atoms with Crippen LogP contribution in [-0.4, -0.2) is 75.1 Å². The summed E-state index contributed by atoms with van der Waals surface area (Å²) in [6, 6.07) is 0.570. The van der Waals surface area contributed by atoms with E-state index in [2.05, 4.69) is 16.0 Å². The van der Waals surface area contributed by atoms with Gasteiger partial charge >= 0.3 is 11.9 Å². The van der Waals surface area contributed by atoms with Crippen LogP contribution >= 0.6 is 0 Å². The van der Waals surface area contributed by atoms with Gasteiger partial charge in [0.2, 0.25) is 23.6 Å². The number of phenolic OH excluding ortho intramolecular Hbond substituents is 1. The average molecular weight is 538 g/mol. The fourth-order valence-corrected chi connectivity index (χ4v) is 3.36. The van der Waals surface area contributed by atoms with E-state index < -0.39 is 65.7 Å². The number of rotatable bonds is 16. The second-order valence-corrected chi connectivity index (χ2v) is 9.11. The molecule has 0 aliphatic heterocycles. The van der Waals surface area contributed by atoms with Crippen molar-refractivity contribution in [1.29, 1.82) is 0 Å². The lowest BCUT2D eigenvalue weighted by atomic mass is 10.0. The molecule has 0 aliphatic rings. The molecule has 0 aromatic heterocycles. The summed E-state index contributed by atoms with van der Waals surface area (Å²) in [7, 11) is 0. The first-order valence-electron chi connectivity index (χ1n) is 11.9. The Morgan fingerprint density at radius 1 is 0.816 bits per heavy atom. The van der Waals surface area contributed by atoms with Gasteiger partial charge in [-0.25, -0.2) is 4.79 Å². The summed E-state index contributed by atoms with van der Waals surface area (Å²) in [4.78, 5) is 72.3. The second-order valence-electron chi connectivity index (χ2n) is 9.11. The van der Waals surface area contributed by atoms with Gasteiger partial charge in [-0.3, -0.25) is 24.0 Å². The van der Waals surface area contributed by atoms with Gasteiger partial charge in [0, 0.05) is 19.3 Å². The maximum atomic E-state index is 13.2. The van der Waals surface area contributed by atoms with Crippen molar-refractivity contribution in [2.24, 2.45) is 17.4 Å². The van der Waals surface area contributed by atoms with Crippen molar-refractivity contribution in [3.63, 3.8) is 0 Å². The lowest BCUT2D eigenvalue weighted by Gasteiger charge is -2.26. The largest absolute Gasteiger partial charge is 0.508 e. The lowest BCUT2D eigenvalue weighted by molar-refractivity contribution is -0.143. The van der Waals surface area contributed by atoms with Gasteiger partial charge in [-0.15, -0.1) is 0 Å². The van der Waals surface area contributed by atoms with E-state index in [-0.39, 0.29) is 37.9 Å². The molecule has 210 valence electrons. The normalized spacial score (nSPS) is 14.0. The average Bonchev–Trinajstić information content (AvgIpc) is 2.83. The number of amides is 4. The number of hydrogen-bond donors (Lipinski definition) is 8. The molecule has 0 saturated carbocycles. The summed E-state index contributed by atoms with van der Waals surface area (Å²) >= 11 is 0. The van der Waals surface area contributed by atoms with E-state index >= 15 is 0 Å². The van der Waals surface area contributed by atoms with Gasteiger partial charge in [0.15, 0.2) is 0 Å². The van der Waals surface area contributed by atoms with Gasteiger partial charge in [0.25, 0.3) is 0 Å². The van der Waals surface area contributed by atoms with E-state index in [4.69, 9.17) is 16.6 Å². The number of phenols is 1. The number of carboxylic acids is 2. The van der Waals surface area contributed by atoms with Gasteiger partial charge in [-0.05, 0) is 36.5 Å². The number of aromatic hydroxyl groups is 1. The van der Waals surface area contributed by atoms with Gasteiger partial charge in [-0.1, -0.05) is 26.0 Å². The minimum atomic E-state index is -1.37. The molecule has 0 bridgehead atoms. The SMILES string of the molecule is CC(C)C(NC(=O)C(CCC(N)=O)NC(=O)C(Cc1ccc(O)cc1)NC(=O)C(N)CCC(=O)O)C(=O)O. The van der Waals surface area contributed by atoms with Gasteiger partial charge in [0.1, 0.15) is 23.9 Å². The number of aliphatic carboxylic acids is 2. The Morgan fingerprint density at radius 2 is 1.37 bits per heavy atom. The number of nitrogens with one attached hydrogen (secondary N) is 3. The van der Waals surface area contributed by atoms with Crippen LogP contribution in [0.4, 0.5) is 0 Å². The van der Waals surface area contributed by atoms with E-state index in [0.717, 1.165) is 0 Å². The molecule has 10 N–H and O–H groups in total. The van der Waals surface area contributed by atoms with E-state index in [1.807, 2.05) is 0 Å². The van der Waals surface area contributed by atoms with Crippen LogP contribution in [0.5, 0.6) is 5.75 Å². The zero-order chi connectivity index (χ0) is 29.0. The fraction of sp³-hybridized carbons (Fsp3) is 0.500. The predicted molar refractivity (Wildman–Crippen MR) is 133 cm³/mol. The standard InChI is InChI=1S/C24H35N5O9/c1-12(2)20(24(37)38)29-22(35)16(8-9-18(26)31)27-23(36)17(11-13-3-5-14(30)6-4-13)28-21(34)15(25)7-10-19(32)33/h3-6,12,15-17,20,30H,7-11,25H2,1-2H3,(H2,26,31)(H,27,36)(H,28,34)(H,29,35)(H,32,33)(H,37,38). The third kappa shape index (κ3) is 11.2. The first kappa shape index (κ1) is 31.8. The van der Waals surface area contributed by atoms with Crippen molar-refractivity contribution in [1.82, 2.24) is 16.0 Å². The molecule has 0 fully saturated rings. The Kier molecular flexibility index (Phi) is 12.7. The molecule has 0 heterocycles. The first-order valence-corrected chi connectivity index (χ1v) is 11.9. The van der Waals surface area contributed by atoms with Crippen molar-refractivity contribution in [2.75, 3.05) is 0 Å². The van der Waals surface area contributed by atoms with Crippen LogP contribution in [0.3, 0.4) is 0 Å². The van der Waals surface area contributed by atoms with Crippen molar-refractivity contribution in [3.05, 3.63) is 29.8 Å². The Hall–Kier alpha value is -4.20. The Labute approximate surface area is 219 Å². The molecule has 38 heavy (non-hydrogen) atoms. The van der Waals surface area contributed by atoms with Crippen LogP contribution in [0.1, 0.15) is 45.1 Å². The van der Waals surface area contributed by atoms with Crippen LogP contribution < -0.4 is 27.4 Å². The molecule has 0 aliphatic carbocycles.